The predicted octanol–water partition coefficient (Wildman–Crippen LogP) is 0.238. The molecule has 5 nitrogen and oxygen atoms in total. The lowest BCUT2D eigenvalue weighted by Gasteiger charge is -2.31. The first-order chi connectivity index (χ1) is 8.69. The summed E-state index contributed by atoms with van der Waals surface area (Å²) in [7, 11) is 0. The van der Waals surface area contributed by atoms with Crippen molar-refractivity contribution >= 4 is 5.91 Å². The number of piperidine rings is 1. The average Bonchev–Trinajstić information content (AvgIpc) is 2.39. The Morgan fingerprint density at radius 2 is 2.39 bits per heavy atom. The molecule has 0 spiro atoms. The first-order valence-corrected chi connectivity index (χ1v) is 6.34. The van der Waals surface area contributed by atoms with E-state index in [0.29, 0.717) is 6.54 Å². The predicted molar refractivity (Wildman–Crippen MR) is 69.3 cm³/mol. The van der Waals surface area contributed by atoms with Gasteiger partial charge in [0.2, 0.25) is 5.91 Å². The Bertz CT molecular complexity index is 421. The van der Waals surface area contributed by atoms with E-state index in [1.165, 1.54) is 5.56 Å². The van der Waals surface area contributed by atoms with Crippen molar-refractivity contribution in [1.82, 2.24) is 9.88 Å². The van der Waals surface area contributed by atoms with Crippen LogP contribution in [0.25, 0.3) is 0 Å². The van der Waals surface area contributed by atoms with E-state index in [1.807, 2.05) is 12.1 Å². The van der Waals surface area contributed by atoms with E-state index in [-0.39, 0.29) is 11.8 Å². The summed E-state index contributed by atoms with van der Waals surface area (Å²) in [5.74, 6) is -0.188. The number of nitrogens with zero attached hydrogens (tertiary/aromatic N) is 2. The molecule has 0 aromatic carbocycles. The van der Waals surface area contributed by atoms with Crippen LogP contribution in [0, 0.1) is 5.92 Å². The topological polar surface area (TPSA) is 85.2 Å². The number of rotatable bonds is 4. The maximum absolute atomic E-state index is 11.2. The number of hydrogen-bond donors (Lipinski definition) is 2. The van der Waals surface area contributed by atoms with E-state index >= 15 is 0 Å². The Kier molecular flexibility index (Phi) is 4.28. The zero-order valence-electron chi connectivity index (χ0n) is 10.5. The van der Waals surface area contributed by atoms with E-state index in [4.69, 9.17) is 11.5 Å². The molecule has 1 saturated heterocycles. The number of amides is 1. The van der Waals surface area contributed by atoms with Crippen molar-refractivity contribution in [3.05, 3.63) is 29.6 Å². The van der Waals surface area contributed by atoms with Crippen LogP contribution in [-0.4, -0.2) is 28.9 Å². The highest BCUT2D eigenvalue weighted by molar-refractivity contribution is 5.76. The number of likely N-dealkylation sites (tertiary alicyclic amines) is 1. The van der Waals surface area contributed by atoms with Crippen LogP contribution in [0.5, 0.6) is 0 Å². The lowest BCUT2D eigenvalue weighted by Crippen LogP contribution is -2.40. The largest absolute Gasteiger partial charge is 0.369 e. The van der Waals surface area contributed by atoms with Crippen LogP contribution >= 0.6 is 0 Å². The summed E-state index contributed by atoms with van der Waals surface area (Å²) in [5.41, 5.74) is 13.0. The lowest BCUT2D eigenvalue weighted by molar-refractivity contribution is -0.123. The van der Waals surface area contributed by atoms with Gasteiger partial charge in [0.15, 0.2) is 0 Å². The number of carbonyl (C=O) groups excluding carboxylic acids is 1. The number of hydrogen-bond acceptors (Lipinski definition) is 4. The van der Waals surface area contributed by atoms with Gasteiger partial charge in [-0.1, -0.05) is 0 Å². The number of nitrogens with two attached hydrogens (primary N) is 2. The second kappa shape index (κ2) is 5.93. The van der Waals surface area contributed by atoms with Crippen LogP contribution in [-0.2, 0) is 17.9 Å². The fourth-order valence-electron chi connectivity index (χ4n) is 2.43. The van der Waals surface area contributed by atoms with Gasteiger partial charge in [-0.15, -0.1) is 0 Å². The molecule has 1 aliphatic rings. The molecule has 98 valence electrons. The number of aromatic nitrogens is 1. The Labute approximate surface area is 107 Å². The molecule has 4 N–H and O–H groups in total. The standard InChI is InChI=1S/C13H20N4O/c14-7-12-6-10(3-4-16-12)8-17-5-1-2-11(9-17)13(15)18/h3-4,6,11H,1-2,5,7-9,14H2,(H2,15,18). The summed E-state index contributed by atoms with van der Waals surface area (Å²) in [4.78, 5) is 17.7. The first kappa shape index (κ1) is 13.0. The molecule has 2 heterocycles. The Morgan fingerprint density at radius 1 is 1.56 bits per heavy atom. The fourth-order valence-corrected chi connectivity index (χ4v) is 2.43. The third-order valence-electron chi connectivity index (χ3n) is 3.40. The van der Waals surface area contributed by atoms with Gasteiger partial charge in [0.1, 0.15) is 0 Å². The first-order valence-electron chi connectivity index (χ1n) is 6.34. The number of primary amides is 1. The zero-order chi connectivity index (χ0) is 13.0. The highest BCUT2D eigenvalue weighted by atomic mass is 16.1. The zero-order valence-corrected chi connectivity index (χ0v) is 10.5. The van der Waals surface area contributed by atoms with Gasteiger partial charge in [0.05, 0.1) is 11.6 Å². The number of carbonyl (C=O) groups is 1. The molecular weight excluding hydrogens is 228 g/mol. The number of pyridine rings is 1. The van der Waals surface area contributed by atoms with Gasteiger partial charge in [-0.05, 0) is 37.1 Å². The van der Waals surface area contributed by atoms with Crippen molar-refractivity contribution in [3.8, 4) is 0 Å². The maximum Gasteiger partial charge on any atom is 0.221 e. The van der Waals surface area contributed by atoms with Gasteiger partial charge in [-0.3, -0.25) is 14.7 Å². The van der Waals surface area contributed by atoms with Crippen molar-refractivity contribution in [2.24, 2.45) is 17.4 Å². The van der Waals surface area contributed by atoms with Gasteiger partial charge in [0.25, 0.3) is 0 Å². The Hall–Kier alpha value is -1.46. The monoisotopic (exact) mass is 248 g/mol. The van der Waals surface area contributed by atoms with Crippen LogP contribution in [0.1, 0.15) is 24.1 Å². The van der Waals surface area contributed by atoms with E-state index in [9.17, 15) is 4.79 Å². The summed E-state index contributed by atoms with van der Waals surface area (Å²) < 4.78 is 0. The molecule has 0 radical (unpaired) electrons. The van der Waals surface area contributed by atoms with Crippen LogP contribution in [0.2, 0.25) is 0 Å². The molecule has 1 aromatic heterocycles. The highest BCUT2D eigenvalue weighted by Crippen LogP contribution is 2.18. The van der Waals surface area contributed by atoms with Crippen molar-refractivity contribution in [3.63, 3.8) is 0 Å². The van der Waals surface area contributed by atoms with Crippen molar-refractivity contribution in [1.29, 1.82) is 0 Å². The van der Waals surface area contributed by atoms with Gasteiger partial charge in [-0.2, -0.15) is 0 Å². The summed E-state index contributed by atoms with van der Waals surface area (Å²) >= 11 is 0. The summed E-state index contributed by atoms with van der Waals surface area (Å²) in [5, 5.41) is 0. The Morgan fingerprint density at radius 3 is 3.11 bits per heavy atom. The third kappa shape index (κ3) is 3.27. The molecule has 0 aliphatic carbocycles. The molecule has 18 heavy (non-hydrogen) atoms. The molecule has 5 heteroatoms. The Balaban J connectivity index is 1.97. The lowest BCUT2D eigenvalue weighted by atomic mass is 9.97. The van der Waals surface area contributed by atoms with Crippen LogP contribution in [0.3, 0.4) is 0 Å². The molecule has 1 atom stereocenters. The highest BCUT2D eigenvalue weighted by Gasteiger charge is 2.23. The smallest absolute Gasteiger partial charge is 0.221 e. The SMILES string of the molecule is NCc1cc(CN2CCCC(C(N)=O)C2)ccn1. The van der Waals surface area contributed by atoms with Crippen molar-refractivity contribution in [2.75, 3.05) is 13.1 Å². The molecule has 1 fully saturated rings. The van der Waals surface area contributed by atoms with E-state index < -0.39 is 0 Å². The maximum atomic E-state index is 11.2. The third-order valence-corrected chi connectivity index (χ3v) is 3.40. The summed E-state index contributed by atoms with van der Waals surface area (Å²) in [6.07, 6.45) is 3.73. The van der Waals surface area contributed by atoms with Gasteiger partial charge < -0.3 is 11.5 Å². The minimum atomic E-state index is -0.183. The van der Waals surface area contributed by atoms with Crippen LogP contribution in [0.15, 0.2) is 18.3 Å². The van der Waals surface area contributed by atoms with Crippen molar-refractivity contribution in [2.45, 2.75) is 25.9 Å². The van der Waals surface area contributed by atoms with Crippen LogP contribution in [0.4, 0.5) is 0 Å². The second-order valence-electron chi connectivity index (χ2n) is 4.84. The van der Waals surface area contributed by atoms with E-state index in [1.54, 1.807) is 6.20 Å². The molecular formula is C13H20N4O. The molecule has 0 bridgehead atoms. The molecule has 0 saturated carbocycles. The quantitative estimate of drug-likeness (QED) is 0.799. The van der Waals surface area contributed by atoms with Gasteiger partial charge >= 0.3 is 0 Å². The molecule has 1 unspecified atom stereocenters. The second-order valence-corrected chi connectivity index (χ2v) is 4.84. The van der Waals surface area contributed by atoms with Crippen LogP contribution < -0.4 is 11.5 Å². The van der Waals surface area contributed by atoms with Crippen molar-refractivity contribution < 1.29 is 4.79 Å². The average molecular weight is 248 g/mol. The molecule has 1 aliphatic heterocycles. The molecule has 1 aromatic rings. The van der Waals surface area contributed by atoms with Gasteiger partial charge in [-0.25, -0.2) is 0 Å². The minimum absolute atomic E-state index is 0.00503. The molecule has 1 amide bonds. The summed E-state index contributed by atoms with van der Waals surface area (Å²) in [6, 6.07) is 4.01. The van der Waals surface area contributed by atoms with E-state index in [2.05, 4.69) is 9.88 Å². The van der Waals surface area contributed by atoms with E-state index in [0.717, 1.165) is 38.2 Å². The van der Waals surface area contributed by atoms with Gasteiger partial charge in [0, 0.05) is 25.8 Å². The summed E-state index contributed by atoms with van der Waals surface area (Å²) in [6.45, 7) is 3.07. The molecule has 2 rings (SSSR count). The fraction of sp³-hybridized carbons (Fsp3) is 0.538. The normalized spacial score (nSPS) is 20.8. The minimum Gasteiger partial charge on any atom is -0.369 e.